The highest BCUT2D eigenvalue weighted by atomic mass is 19.4. The van der Waals surface area contributed by atoms with Gasteiger partial charge >= 0.3 is 6.18 Å². The van der Waals surface area contributed by atoms with Crippen molar-refractivity contribution < 1.29 is 32.3 Å². The van der Waals surface area contributed by atoms with E-state index in [2.05, 4.69) is 5.16 Å². The van der Waals surface area contributed by atoms with Gasteiger partial charge in [0.2, 0.25) is 0 Å². The molecule has 0 spiro atoms. The molecule has 0 aliphatic heterocycles. The largest absolute Gasteiger partial charge is 0.492 e. The number of hydrogen-bond donors (Lipinski definition) is 0. The minimum Gasteiger partial charge on any atom is -0.492 e. The molecule has 1 saturated carbocycles. The molecule has 0 atom stereocenters. The standard InChI is InChI=1S/C22H20F3NO4/c1-14(26-30-12-15-2-6-17(7-3-15)22(23,24)25)16-4-8-18(9-5-16)29-13-19-20(27)10-11-21(19)28/h2-9,19H,10-13H2,1H3. The number of alkyl halides is 3. The van der Waals surface area contributed by atoms with Crippen molar-refractivity contribution in [2.24, 2.45) is 11.1 Å². The van der Waals surface area contributed by atoms with Crippen LogP contribution >= 0.6 is 0 Å². The molecule has 8 heteroatoms. The Bertz CT molecular complexity index is 918. The SMILES string of the molecule is CC(=NOCc1ccc(C(F)(F)F)cc1)c1ccc(OCC2C(=O)CCC2=O)cc1. The molecule has 30 heavy (non-hydrogen) atoms. The fourth-order valence-electron chi connectivity index (χ4n) is 2.98. The van der Waals surface area contributed by atoms with Gasteiger partial charge in [-0.25, -0.2) is 0 Å². The quantitative estimate of drug-likeness (QED) is 0.375. The Hall–Kier alpha value is -3.16. The number of benzene rings is 2. The first-order chi connectivity index (χ1) is 14.2. The fourth-order valence-corrected chi connectivity index (χ4v) is 2.98. The Morgan fingerprint density at radius 2 is 1.60 bits per heavy atom. The van der Waals surface area contributed by atoms with E-state index in [9.17, 15) is 22.8 Å². The molecule has 0 aromatic heterocycles. The Morgan fingerprint density at radius 1 is 1.00 bits per heavy atom. The second-order valence-electron chi connectivity index (χ2n) is 6.97. The van der Waals surface area contributed by atoms with Crippen LogP contribution in [-0.4, -0.2) is 23.9 Å². The highest BCUT2D eigenvalue weighted by Gasteiger charge is 2.33. The molecule has 0 N–H and O–H groups in total. The Labute approximate surface area is 171 Å². The minimum atomic E-state index is -4.37. The monoisotopic (exact) mass is 419 g/mol. The summed E-state index contributed by atoms with van der Waals surface area (Å²) in [5.74, 6) is -0.300. The zero-order valence-electron chi connectivity index (χ0n) is 16.2. The van der Waals surface area contributed by atoms with Crippen LogP contribution in [0.1, 0.15) is 36.5 Å². The number of halogens is 3. The normalized spacial score (nSPS) is 15.5. The van der Waals surface area contributed by atoms with E-state index in [4.69, 9.17) is 9.57 Å². The predicted molar refractivity (Wildman–Crippen MR) is 103 cm³/mol. The van der Waals surface area contributed by atoms with E-state index in [1.165, 1.54) is 12.1 Å². The Morgan fingerprint density at radius 3 is 2.17 bits per heavy atom. The lowest BCUT2D eigenvalue weighted by Gasteiger charge is -2.10. The summed E-state index contributed by atoms with van der Waals surface area (Å²) < 4.78 is 43.2. The fraction of sp³-hybridized carbons (Fsp3) is 0.318. The third-order valence-corrected chi connectivity index (χ3v) is 4.80. The van der Waals surface area contributed by atoms with Crippen LogP contribution in [-0.2, 0) is 27.2 Å². The number of Topliss-reactive ketones (excluding diaryl/α,β-unsaturated/α-hetero) is 2. The van der Waals surface area contributed by atoms with E-state index < -0.39 is 17.7 Å². The second kappa shape index (κ2) is 9.11. The summed E-state index contributed by atoms with van der Waals surface area (Å²) in [4.78, 5) is 28.5. The topological polar surface area (TPSA) is 65.0 Å². The predicted octanol–water partition coefficient (Wildman–Crippen LogP) is 4.57. The van der Waals surface area contributed by atoms with Gasteiger partial charge in [-0.05, 0) is 54.4 Å². The number of ether oxygens (including phenoxy) is 1. The number of carbonyl (C=O) groups is 2. The van der Waals surface area contributed by atoms with Crippen LogP contribution in [0.2, 0.25) is 0 Å². The minimum absolute atomic E-state index is 0.0418. The van der Waals surface area contributed by atoms with Crippen molar-refractivity contribution in [1.82, 2.24) is 0 Å². The first kappa shape index (κ1) is 21.5. The molecule has 0 heterocycles. The Kier molecular flexibility index (Phi) is 6.54. The van der Waals surface area contributed by atoms with Gasteiger partial charge in [-0.3, -0.25) is 9.59 Å². The van der Waals surface area contributed by atoms with Gasteiger partial charge in [0.25, 0.3) is 0 Å². The van der Waals surface area contributed by atoms with Gasteiger partial charge in [-0.1, -0.05) is 17.3 Å². The highest BCUT2D eigenvalue weighted by molar-refractivity contribution is 6.08. The molecule has 5 nitrogen and oxygen atoms in total. The molecule has 0 unspecified atom stereocenters. The van der Waals surface area contributed by atoms with Crippen LogP contribution in [0.3, 0.4) is 0 Å². The maximum Gasteiger partial charge on any atom is 0.416 e. The van der Waals surface area contributed by atoms with Gasteiger partial charge < -0.3 is 9.57 Å². The lowest BCUT2D eigenvalue weighted by atomic mass is 10.1. The zero-order chi connectivity index (χ0) is 21.7. The summed E-state index contributed by atoms with van der Waals surface area (Å²) in [5.41, 5.74) is 1.20. The second-order valence-corrected chi connectivity index (χ2v) is 6.97. The van der Waals surface area contributed by atoms with Gasteiger partial charge in [0.15, 0.2) is 0 Å². The van der Waals surface area contributed by atoms with Crippen molar-refractivity contribution in [3.05, 3.63) is 65.2 Å². The molecule has 1 aliphatic rings. The summed E-state index contributed by atoms with van der Waals surface area (Å²) in [6, 6.07) is 11.6. The van der Waals surface area contributed by atoms with Crippen LogP contribution in [0.5, 0.6) is 5.75 Å². The average molecular weight is 419 g/mol. The summed E-state index contributed by atoms with van der Waals surface area (Å²) >= 11 is 0. The summed E-state index contributed by atoms with van der Waals surface area (Å²) in [6.07, 6.45) is -3.80. The van der Waals surface area contributed by atoms with Crippen molar-refractivity contribution in [2.75, 3.05) is 6.61 Å². The molecule has 1 fully saturated rings. The smallest absolute Gasteiger partial charge is 0.416 e. The van der Waals surface area contributed by atoms with Gasteiger partial charge in [-0.2, -0.15) is 13.2 Å². The molecule has 0 amide bonds. The third-order valence-electron chi connectivity index (χ3n) is 4.80. The number of rotatable bonds is 7. The van der Waals surface area contributed by atoms with Crippen molar-refractivity contribution in [3.63, 3.8) is 0 Å². The van der Waals surface area contributed by atoms with E-state index in [0.717, 1.165) is 17.7 Å². The van der Waals surface area contributed by atoms with Crippen LogP contribution in [0.15, 0.2) is 53.7 Å². The van der Waals surface area contributed by atoms with Crippen LogP contribution in [0, 0.1) is 5.92 Å². The molecule has 2 aromatic carbocycles. The molecular formula is C22H20F3NO4. The average Bonchev–Trinajstić information content (AvgIpc) is 3.04. The van der Waals surface area contributed by atoms with E-state index in [-0.39, 0.29) is 37.6 Å². The van der Waals surface area contributed by atoms with Crippen molar-refractivity contribution in [1.29, 1.82) is 0 Å². The highest BCUT2D eigenvalue weighted by Crippen LogP contribution is 2.29. The maximum atomic E-state index is 12.6. The van der Waals surface area contributed by atoms with Crippen LogP contribution < -0.4 is 4.74 Å². The van der Waals surface area contributed by atoms with E-state index in [0.29, 0.717) is 17.0 Å². The molecule has 1 aliphatic carbocycles. The maximum absolute atomic E-state index is 12.6. The third kappa shape index (κ3) is 5.46. The molecule has 3 rings (SSSR count). The molecule has 158 valence electrons. The van der Waals surface area contributed by atoms with Crippen LogP contribution in [0.25, 0.3) is 0 Å². The first-order valence-corrected chi connectivity index (χ1v) is 9.35. The molecule has 0 radical (unpaired) electrons. The van der Waals surface area contributed by atoms with E-state index in [1.807, 2.05) is 0 Å². The van der Waals surface area contributed by atoms with Gasteiger partial charge in [0, 0.05) is 12.8 Å². The zero-order valence-corrected chi connectivity index (χ0v) is 16.2. The Balaban J connectivity index is 1.51. The van der Waals surface area contributed by atoms with Crippen molar-refractivity contribution in [3.8, 4) is 5.75 Å². The summed E-state index contributed by atoms with van der Waals surface area (Å²) in [5, 5.41) is 3.98. The molecule has 2 aromatic rings. The number of carbonyl (C=O) groups excluding carboxylic acids is 2. The summed E-state index contributed by atoms with van der Waals surface area (Å²) in [6.45, 7) is 1.82. The van der Waals surface area contributed by atoms with E-state index in [1.54, 1.807) is 31.2 Å². The first-order valence-electron chi connectivity index (χ1n) is 9.35. The van der Waals surface area contributed by atoms with Gasteiger partial charge in [0.05, 0.1) is 11.3 Å². The van der Waals surface area contributed by atoms with E-state index >= 15 is 0 Å². The lowest BCUT2D eigenvalue weighted by Crippen LogP contribution is -2.22. The number of ketones is 2. The van der Waals surface area contributed by atoms with Gasteiger partial charge in [-0.15, -0.1) is 0 Å². The molecule has 0 bridgehead atoms. The molecule has 0 saturated heterocycles. The molecular weight excluding hydrogens is 399 g/mol. The number of oxime groups is 1. The summed E-state index contributed by atoms with van der Waals surface area (Å²) in [7, 11) is 0. The lowest BCUT2D eigenvalue weighted by molar-refractivity contribution is -0.137. The van der Waals surface area contributed by atoms with Crippen molar-refractivity contribution >= 4 is 17.3 Å². The van der Waals surface area contributed by atoms with Crippen LogP contribution in [0.4, 0.5) is 13.2 Å². The van der Waals surface area contributed by atoms with Crippen molar-refractivity contribution in [2.45, 2.75) is 32.5 Å². The van der Waals surface area contributed by atoms with Gasteiger partial charge in [0.1, 0.15) is 36.4 Å². The number of nitrogens with zero attached hydrogens (tertiary/aromatic N) is 1. The number of hydrogen-bond acceptors (Lipinski definition) is 5.